The maximum Gasteiger partial charge on any atom is 0.237 e. The van der Waals surface area contributed by atoms with Crippen molar-refractivity contribution in [1.29, 1.82) is 0 Å². The van der Waals surface area contributed by atoms with Gasteiger partial charge in [0, 0.05) is 19.2 Å². The highest BCUT2D eigenvalue weighted by Crippen LogP contribution is 2.21. The van der Waals surface area contributed by atoms with Gasteiger partial charge >= 0.3 is 0 Å². The van der Waals surface area contributed by atoms with E-state index in [2.05, 4.69) is 0 Å². The van der Waals surface area contributed by atoms with Gasteiger partial charge in [0.05, 0.1) is 17.5 Å². The predicted molar refractivity (Wildman–Crippen MR) is 83.5 cm³/mol. The summed E-state index contributed by atoms with van der Waals surface area (Å²) >= 11 is 4.87. The van der Waals surface area contributed by atoms with Gasteiger partial charge in [-0.25, -0.2) is 8.42 Å². The third-order valence-corrected chi connectivity index (χ3v) is 5.43. The number of nitrogens with two attached hydrogens (primary N) is 1. The number of hydrogen-bond donors (Lipinski definition) is 1. The molecular weight excluding hydrogens is 296 g/mol. The molecule has 0 aliphatic carbocycles. The van der Waals surface area contributed by atoms with Crippen molar-refractivity contribution in [2.45, 2.75) is 18.9 Å². The Kier molecular flexibility index (Phi) is 4.62. The van der Waals surface area contributed by atoms with Crippen molar-refractivity contribution in [1.82, 2.24) is 0 Å². The van der Waals surface area contributed by atoms with Crippen molar-refractivity contribution in [2.75, 3.05) is 23.7 Å². The molecule has 1 fully saturated rings. The van der Waals surface area contributed by atoms with Crippen LogP contribution in [-0.4, -0.2) is 38.9 Å². The van der Waals surface area contributed by atoms with Crippen molar-refractivity contribution in [3.63, 3.8) is 0 Å². The Morgan fingerprint density at radius 2 is 2.10 bits per heavy atom. The number of anilines is 1. The molecule has 1 saturated heterocycles. The molecule has 110 valence electrons. The molecule has 0 amide bonds. The van der Waals surface area contributed by atoms with E-state index in [1.54, 1.807) is 31.3 Å². The molecule has 5 nitrogen and oxygen atoms in total. The molecule has 2 N–H and O–H groups in total. The predicted octanol–water partition coefficient (Wildman–Crippen LogP) is 1.27. The average Bonchev–Trinajstić information content (AvgIpc) is 2.90. The van der Waals surface area contributed by atoms with Crippen LogP contribution >= 0.6 is 12.2 Å². The number of sulfonamides is 1. The van der Waals surface area contributed by atoms with Gasteiger partial charge in [0.1, 0.15) is 4.99 Å². The SMILES string of the molecule is CN(c1ccc(C(N)=S)cc1)S(=O)(=O)CC1CCCO1. The van der Waals surface area contributed by atoms with Crippen LogP contribution in [0.15, 0.2) is 24.3 Å². The summed E-state index contributed by atoms with van der Waals surface area (Å²) in [6.07, 6.45) is 1.53. The molecule has 0 bridgehead atoms. The number of rotatable bonds is 5. The second kappa shape index (κ2) is 6.07. The van der Waals surface area contributed by atoms with Gasteiger partial charge in [0.25, 0.3) is 0 Å². The molecule has 1 aromatic carbocycles. The molecule has 0 aromatic heterocycles. The lowest BCUT2D eigenvalue weighted by Gasteiger charge is -2.21. The van der Waals surface area contributed by atoms with Crippen LogP contribution < -0.4 is 10.0 Å². The van der Waals surface area contributed by atoms with Crippen LogP contribution in [0.4, 0.5) is 5.69 Å². The van der Waals surface area contributed by atoms with Gasteiger partial charge in [-0.3, -0.25) is 4.31 Å². The minimum atomic E-state index is -3.39. The van der Waals surface area contributed by atoms with E-state index in [0.29, 0.717) is 22.8 Å². The fourth-order valence-electron chi connectivity index (χ4n) is 2.12. The minimum Gasteiger partial charge on any atom is -0.389 e. The van der Waals surface area contributed by atoms with Crippen molar-refractivity contribution in [3.8, 4) is 0 Å². The number of ether oxygens (including phenoxy) is 1. The third-order valence-electron chi connectivity index (χ3n) is 3.35. The van der Waals surface area contributed by atoms with E-state index in [4.69, 9.17) is 22.7 Å². The molecule has 1 atom stereocenters. The van der Waals surface area contributed by atoms with Gasteiger partial charge in [-0.2, -0.15) is 0 Å². The molecule has 0 radical (unpaired) electrons. The van der Waals surface area contributed by atoms with E-state index < -0.39 is 10.0 Å². The molecule has 1 aromatic rings. The molecule has 2 rings (SSSR count). The molecule has 20 heavy (non-hydrogen) atoms. The zero-order valence-electron chi connectivity index (χ0n) is 11.3. The quantitative estimate of drug-likeness (QED) is 0.829. The number of nitrogens with zero attached hydrogens (tertiary/aromatic N) is 1. The molecule has 0 spiro atoms. The van der Waals surface area contributed by atoms with Crippen molar-refractivity contribution in [3.05, 3.63) is 29.8 Å². The molecule has 7 heteroatoms. The maximum atomic E-state index is 12.3. The summed E-state index contributed by atoms with van der Waals surface area (Å²) in [7, 11) is -1.84. The average molecular weight is 314 g/mol. The Hall–Kier alpha value is -1.18. The van der Waals surface area contributed by atoms with Crippen LogP contribution in [0.25, 0.3) is 0 Å². The topological polar surface area (TPSA) is 72.6 Å². The van der Waals surface area contributed by atoms with Crippen LogP contribution in [0.5, 0.6) is 0 Å². The fourth-order valence-corrected chi connectivity index (χ4v) is 3.65. The van der Waals surface area contributed by atoms with Crippen molar-refractivity contribution in [2.24, 2.45) is 5.73 Å². The molecule has 1 aliphatic rings. The Labute approximate surface area is 124 Å². The summed E-state index contributed by atoms with van der Waals surface area (Å²) in [5, 5.41) is 0. The maximum absolute atomic E-state index is 12.3. The highest BCUT2D eigenvalue weighted by molar-refractivity contribution is 7.92. The zero-order valence-corrected chi connectivity index (χ0v) is 12.9. The van der Waals surface area contributed by atoms with E-state index >= 15 is 0 Å². The van der Waals surface area contributed by atoms with Crippen molar-refractivity contribution >= 4 is 32.9 Å². The number of hydrogen-bond acceptors (Lipinski definition) is 4. The summed E-state index contributed by atoms with van der Waals surface area (Å²) in [6, 6.07) is 6.83. The zero-order chi connectivity index (χ0) is 14.8. The van der Waals surface area contributed by atoms with Gasteiger partial charge < -0.3 is 10.5 Å². The van der Waals surface area contributed by atoms with Gasteiger partial charge in [0.2, 0.25) is 10.0 Å². The Bertz CT molecular complexity index is 578. The number of thiocarbonyl (C=S) groups is 1. The van der Waals surface area contributed by atoms with Gasteiger partial charge in [-0.15, -0.1) is 0 Å². The van der Waals surface area contributed by atoms with E-state index in [1.807, 2.05) is 0 Å². The lowest BCUT2D eigenvalue weighted by Crippen LogP contribution is -2.33. The van der Waals surface area contributed by atoms with Crippen LogP contribution in [0.2, 0.25) is 0 Å². The van der Waals surface area contributed by atoms with Crippen molar-refractivity contribution < 1.29 is 13.2 Å². The van der Waals surface area contributed by atoms with Crippen LogP contribution in [0.3, 0.4) is 0 Å². The first-order valence-corrected chi connectivity index (χ1v) is 8.40. The van der Waals surface area contributed by atoms with Gasteiger partial charge in [-0.05, 0) is 37.1 Å². The smallest absolute Gasteiger partial charge is 0.237 e. The summed E-state index contributed by atoms with van der Waals surface area (Å²) < 4.78 is 31.3. The second-order valence-electron chi connectivity index (χ2n) is 4.79. The Balaban J connectivity index is 2.12. The summed E-state index contributed by atoms with van der Waals surface area (Å²) in [5.41, 5.74) is 6.82. The van der Waals surface area contributed by atoms with Crippen LogP contribution in [0, 0.1) is 0 Å². The first kappa shape index (κ1) is 15.2. The number of benzene rings is 1. The first-order chi connectivity index (χ1) is 9.40. The highest BCUT2D eigenvalue weighted by Gasteiger charge is 2.26. The van der Waals surface area contributed by atoms with Gasteiger partial charge in [-0.1, -0.05) is 12.2 Å². The lowest BCUT2D eigenvalue weighted by molar-refractivity contribution is 0.127. The molecule has 1 aliphatic heterocycles. The Morgan fingerprint density at radius 1 is 1.45 bits per heavy atom. The molecular formula is C13H18N2O3S2. The Morgan fingerprint density at radius 3 is 2.60 bits per heavy atom. The summed E-state index contributed by atoms with van der Waals surface area (Å²) in [5.74, 6) is 0.0144. The van der Waals surface area contributed by atoms with Crippen LogP contribution in [-0.2, 0) is 14.8 Å². The summed E-state index contributed by atoms with van der Waals surface area (Å²) in [4.78, 5) is 0.293. The third kappa shape index (κ3) is 3.47. The van der Waals surface area contributed by atoms with E-state index in [-0.39, 0.29) is 11.9 Å². The fraction of sp³-hybridized carbons (Fsp3) is 0.462. The monoisotopic (exact) mass is 314 g/mol. The molecule has 1 heterocycles. The summed E-state index contributed by atoms with van der Waals surface area (Å²) in [6.45, 7) is 0.645. The second-order valence-corrected chi connectivity index (χ2v) is 7.28. The molecule has 0 saturated carbocycles. The van der Waals surface area contributed by atoms with Crippen LogP contribution in [0.1, 0.15) is 18.4 Å². The normalized spacial score (nSPS) is 18.9. The van der Waals surface area contributed by atoms with E-state index in [9.17, 15) is 8.42 Å². The minimum absolute atomic E-state index is 0.0144. The lowest BCUT2D eigenvalue weighted by atomic mass is 10.2. The van der Waals surface area contributed by atoms with Gasteiger partial charge in [0.15, 0.2) is 0 Å². The first-order valence-electron chi connectivity index (χ1n) is 6.38. The molecule has 1 unspecified atom stereocenters. The van der Waals surface area contributed by atoms with E-state index in [0.717, 1.165) is 12.8 Å². The largest absolute Gasteiger partial charge is 0.389 e. The highest BCUT2D eigenvalue weighted by atomic mass is 32.2. The standard InChI is InChI=1S/C13H18N2O3S2/c1-15(11-6-4-10(5-7-11)13(14)19)20(16,17)9-12-3-2-8-18-12/h4-7,12H,2-3,8-9H2,1H3,(H2,14,19). The van der Waals surface area contributed by atoms with E-state index in [1.165, 1.54) is 4.31 Å².